The van der Waals surface area contributed by atoms with E-state index in [2.05, 4.69) is 40.5 Å². The van der Waals surface area contributed by atoms with E-state index >= 15 is 0 Å². The molecule has 2 aliphatic rings. The summed E-state index contributed by atoms with van der Waals surface area (Å²) < 4.78 is 43.8. The van der Waals surface area contributed by atoms with E-state index in [0.717, 1.165) is 42.0 Å². The molecule has 0 saturated carbocycles. The molecule has 10 heteroatoms. The summed E-state index contributed by atoms with van der Waals surface area (Å²) in [5, 5.41) is 0.774. The molecule has 5 rings (SSSR count). The summed E-state index contributed by atoms with van der Waals surface area (Å²) in [6.45, 7) is 4.78. The van der Waals surface area contributed by atoms with Gasteiger partial charge in [-0.25, -0.2) is 4.98 Å². The number of aromatic nitrogens is 2. The van der Waals surface area contributed by atoms with Crippen LogP contribution in [-0.2, 0) is 17.4 Å². The van der Waals surface area contributed by atoms with Gasteiger partial charge in [-0.1, -0.05) is 35.9 Å². The van der Waals surface area contributed by atoms with Crippen molar-refractivity contribution in [3.63, 3.8) is 0 Å². The number of nitrogens with zero attached hydrogens (tertiary/aromatic N) is 5. The van der Waals surface area contributed by atoms with Crippen LogP contribution >= 0.6 is 11.5 Å². The molecule has 0 radical (unpaired) electrons. The molecule has 0 spiro atoms. The largest absolute Gasteiger partial charge is 0.416 e. The Labute approximate surface area is 212 Å². The lowest BCUT2D eigenvalue weighted by atomic mass is 10.1. The fraction of sp³-hybridized carbons (Fsp3) is 0.423. The van der Waals surface area contributed by atoms with E-state index in [1.807, 2.05) is 9.80 Å². The Morgan fingerprint density at radius 1 is 1.06 bits per heavy atom. The first-order valence-corrected chi connectivity index (χ1v) is 12.9. The van der Waals surface area contributed by atoms with Gasteiger partial charge in [-0.15, -0.1) is 0 Å². The Bertz CT molecular complexity index is 1200. The normalized spacial score (nSPS) is 18.7. The molecule has 1 aromatic heterocycles. The number of anilines is 2. The number of hydrogen-bond acceptors (Lipinski definition) is 6. The Kier molecular flexibility index (Phi) is 6.87. The summed E-state index contributed by atoms with van der Waals surface area (Å²) >= 11 is 1.33. The first kappa shape index (κ1) is 24.5. The molecule has 3 aromatic rings. The Balaban J connectivity index is 1.21. The smallest absolute Gasteiger partial charge is 0.368 e. The molecule has 190 valence electrons. The number of aryl methyl sites for hydroxylation is 1. The summed E-state index contributed by atoms with van der Waals surface area (Å²) in [4.78, 5) is 24.0. The number of halogens is 3. The van der Waals surface area contributed by atoms with Crippen LogP contribution in [0.25, 0.3) is 0 Å². The predicted octanol–water partition coefficient (Wildman–Crippen LogP) is 4.77. The predicted molar refractivity (Wildman–Crippen MR) is 134 cm³/mol. The van der Waals surface area contributed by atoms with Crippen molar-refractivity contribution in [1.29, 1.82) is 0 Å². The summed E-state index contributed by atoms with van der Waals surface area (Å²) in [5.41, 5.74) is 2.24. The van der Waals surface area contributed by atoms with E-state index in [1.165, 1.54) is 29.2 Å². The summed E-state index contributed by atoms with van der Waals surface area (Å²) in [6.07, 6.45) is -2.04. The average molecular weight is 516 g/mol. The molecule has 2 aliphatic heterocycles. The molecule has 2 fully saturated rings. The van der Waals surface area contributed by atoms with Gasteiger partial charge in [0.2, 0.25) is 11.0 Å². The van der Waals surface area contributed by atoms with E-state index in [-0.39, 0.29) is 11.9 Å². The maximum Gasteiger partial charge on any atom is 0.416 e. The molecular weight excluding hydrogens is 487 g/mol. The van der Waals surface area contributed by atoms with Crippen LogP contribution in [0.5, 0.6) is 0 Å². The quantitative estimate of drug-likeness (QED) is 0.490. The number of carbonyl (C=O) groups excluding carboxylic acids is 1. The van der Waals surface area contributed by atoms with Gasteiger partial charge >= 0.3 is 6.18 Å². The minimum atomic E-state index is -4.37. The molecule has 2 saturated heterocycles. The SMILES string of the molecule is Cc1ccc(Cc2nsc(N3CCCC3C(=O)N3CCN(c4cccc(C(F)(F)F)c4)CC3)n2)cc1. The third-order valence-electron chi connectivity index (χ3n) is 6.85. The Hall–Kier alpha value is -3.14. The summed E-state index contributed by atoms with van der Waals surface area (Å²) in [7, 11) is 0. The fourth-order valence-electron chi connectivity index (χ4n) is 4.85. The lowest BCUT2D eigenvalue weighted by Crippen LogP contribution is -2.53. The van der Waals surface area contributed by atoms with Crippen molar-refractivity contribution in [2.24, 2.45) is 0 Å². The Morgan fingerprint density at radius 2 is 1.81 bits per heavy atom. The van der Waals surface area contributed by atoms with E-state index < -0.39 is 11.7 Å². The van der Waals surface area contributed by atoms with Crippen LogP contribution in [-0.4, -0.2) is 58.9 Å². The van der Waals surface area contributed by atoms with Gasteiger partial charge in [-0.3, -0.25) is 4.79 Å². The van der Waals surface area contributed by atoms with Crippen molar-refractivity contribution in [2.75, 3.05) is 42.5 Å². The van der Waals surface area contributed by atoms with Gasteiger partial charge in [0.25, 0.3) is 0 Å². The van der Waals surface area contributed by atoms with Gasteiger partial charge in [0.05, 0.1) is 5.56 Å². The minimum Gasteiger partial charge on any atom is -0.368 e. The highest BCUT2D eigenvalue weighted by Gasteiger charge is 2.37. The van der Waals surface area contributed by atoms with Crippen LogP contribution in [0, 0.1) is 6.92 Å². The molecule has 0 aliphatic carbocycles. The standard InChI is InChI=1S/C26H28F3N5OS/c1-18-7-9-19(10-8-18)16-23-30-25(36-31-23)34-11-3-6-22(34)24(35)33-14-12-32(13-15-33)21-5-2-4-20(17-21)26(27,28)29/h2,4-5,7-10,17,22H,3,6,11-16H2,1H3. The van der Waals surface area contributed by atoms with E-state index in [4.69, 9.17) is 4.98 Å². The van der Waals surface area contributed by atoms with Crippen LogP contribution in [0.2, 0.25) is 0 Å². The van der Waals surface area contributed by atoms with Crippen LogP contribution in [0.3, 0.4) is 0 Å². The van der Waals surface area contributed by atoms with Crippen molar-refractivity contribution in [3.05, 3.63) is 71.0 Å². The molecule has 2 aromatic carbocycles. The van der Waals surface area contributed by atoms with Gasteiger partial charge in [0.1, 0.15) is 11.9 Å². The number of hydrogen-bond donors (Lipinski definition) is 0. The van der Waals surface area contributed by atoms with Crippen LogP contribution < -0.4 is 9.80 Å². The molecule has 1 amide bonds. The fourth-order valence-corrected chi connectivity index (χ4v) is 5.61. The van der Waals surface area contributed by atoms with Crippen LogP contribution in [0.15, 0.2) is 48.5 Å². The topological polar surface area (TPSA) is 52.6 Å². The first-order valence-electron chi connectivity index (χ1n) is 12.1. The number of benzene rings is 2. The molecule has 0 bridgehead atoms. The number of rotatable bonds is 5. The molecule has 1 atom stereocenters. The highest BCUT2D eigenvalue weighted by molar-refractivity contribution is 7.09. The number of alkyl halides is 3. The molecule has 36 heavy (non-hydrogen) atoms. The third kappa shape index (κ3) is 5.33. The zero-order valence-corrected chi connectivity index (χ0v) is 20.9. The van der Waals surface area contributed by atoms with E-state index in [9.17, 15) is 18.0 Å². The average Bonchev–Trinajstić information content (AvgIpc) is 3.54. The molecule has 0 N–H and O–H groups in total. The van der Waals surface area contributed by atoms with E-state index in [0.29, 0.717) is 38.3 Å². The third-order valence-corrected chi connectivity index (χ3v) is 7.64. The van der Waals surface area contributed by atoms with Gasteiger partial charge in [-0.2, -0.15) is 17.5 Å². The highest BCUT2D eigenvalue weighted by Crippen LogP contribution is 2.32. The van der Waals surface area contributed by atoms with Crippen molar-refractivity contribution < 1.29 is 18.0 Å². The number of amides is 1. The van der Waals surface area contributed by atoms with Gasteiger partial charge in [0, 0.05) is 56.4 Å². The maximum absolute atomic E-state index is 13.4. The Morgan fingerprint density at radius 3 is 2.53 bits per heavy atom. The molecule has 3 heterocycles. The zero-order valence-electron chi connectivity index (χ0n) is 20.0. The first-order chi connectivity index (χ1) is 17.3. The summed E-state index contributed by atoms with van der Waals surface area (Å²) in [5.74, 6) is 0.818. The lowest BCUT2D eigenvalue weighted by molar-refractivity contribution is -0.137. The lowest BCUT2D eigenvalue weighted by Gasteiger charge is -2.38. The zero-order chi connectivity index (χ0) is 25.3. The number of carbonyl (C=O) groups is 1. The maximum atomic E-state index is 13.4. The summed E-state index contributed by atoms with van der Waals surface area (Å²) in [6, 6.07) is 13.4. The molecule has 6 nitrogen and oxygen atoms in total. The second-order valence-corrected chi connectivity index (χ2v) is 10.1. The van der Waals surface area contributed by atoms with Crippen LogP contribution in [0.4, 0.5) is 24.0 Å². The van der Waals surface area contributed by atoms with Crippen molar-refractivity contribution in [3.8, 4) is 0 Å². The van der Waals surface area contributed by atoms with Gasteiger partial charge in [0.15, 0.2) is 0 Å². The van der Waals surface area contributed by atoms with Gasteiger partial charge in [-0.05, 0) is 43.5 Å². The monoisotopic (exact) mass is 515 g/mol. The second kappa shape index (κ2) is 10.1. The molecule has 1 unspecified atom stereocenters. The second-order valence-electron chi connectivity index (χ2n) is 9.37. The van der Waals surface area contributed by atoms with Gasteiger partial charge < -0.3 is 14.7 Å². The minimum absolute atomic E-state index is 0.0616. The highest BCUT2D eigenvalue weighted by atomic mass is 32.1. The molecular formula is C26H28F3N5OS. The van der Waals surface area contributed by atoms with E-state index in [1.54, 1.807) is 6.07 Å². The van der Waals surface area contributed by atoms with Crippen molar-refractivity contribution >= 4 is 28.3 Å². The van der Waals surface area contributed by atoms with Crippen molar-refractivity contribution in [2.45, 2.75) is 38.4 Å². The van der Waals surface area contributed by atoms with Crippen LogP contribution in [0.1, 0.15) is 35.4 Å². The van der Waals surface area contributed by atoms with Crippen molar-refractivity contribution in [1.82, 2.24) is 14.3 Å². The number of piperazine rings is 1.